The van der Waals surface area contributed by atoms with Gasteiger partial charge in [-0.2, -0.15) is 0 Å². The van der Waals surface area contributed by atoms with Crippen LogP contribution >= 0.6 is 0 Å². The van der Waals surface area contributed by atoms with Crippen LogP contribution in [0.1, 0.15) is 37.3 Å². The van der Waals surface area contributed by atoms with E-state index in [0.29, 0.717) is 36.3 Å². The number of imide groups is 1. The van der Waals surface area contributed by atoms with E-state index in [1.807, 2.05) is 11.6 Å². The second kappa shape index (κ2) is 8.96. The summed E-state index contributed by atoms with van der Waals surface area (Å²) in [5.74, 6) is -0.0662. The first-order chi connectivity index (χ1) is 14.7. The second-order valence-electron chi connectivity index (χ2n) is 7.37. The van der Waals surface area contributed by atoms with Crippen molar-refractivity contribution in [2.75, 3.05) is 20.2 Å². The average Bonchev–Trinajstić information content (AvgIpc) is 3.17. The molecule has 1 aromatic carbocycles. The number of nitrogens with zero attached hydrogens (tertiary/aromatic N) is 1. The lowest BCUT2D eigenvalue weighted by molar-refractivity contribution is -0.122. The Labute approximate surface area is 181 Å². The van der Waals surface area contributed by atoms with Gasteiger partial charge in [0.2, 0.25) is 0 Å². The van der Waals surface area contributed by atoms with E-state index in [2.05, 4.69) is 10.6 Å². The van der Waals surface area contributed by atoms with E-state index >= 15 is 0 Å². The van der Waals surface area contributed by atoms with Gasteiger partial charge < -0.3 is 15.4 Å². The molecule has 0 saturated carbocycles. The van der Waals surface area contributed by atoms with Crippen LogP contribution in [-0.4, -0.2) is 57.5 Å². The average molecular weight is 451 g/mol. The van der Waals surface area contributed by atoms with E-state index in [1.54, 1.807) is 19.1 Å². The molecular weight excluding hydrogens is 424 g/mol. The lowest BCUT2D eigenvalue weighted by Gasteiger charge is -2.32. The lowest BCUT2D eigenvalue weighted by atomic mass is 9.86. The standard InChI is InChI=1S/C20H26N4O6S/c1-4-13-10-16-15(11-17(13)31(28,29)23-19(26)21-3)14(7-9-30-16)12(2)22-20(27)24-8-5-6-18(24)25/h5-6,10-12,14H,4,7-9H2,1-3H3,(H,22,27)(H2,21,23,26). The third kappa shape index (κ3) is 4.66. The number of benzene rings is 1. The highest BCUT2D eigenvalue weighted by Crippen LogP contribution is 2.39. The first kappa shape index (κ1) is 22.6. The molecule has 11 heteroatoms. The molecule has 0 radical (unpaired) electrons. The van der Waals surface area contributed by atoms with Crippen molar-refractivity contribution >= 4 is 28.0 Å². The SMILES string of the molecule is CCc1cc2c(cc1S(=O)(=O)NC(=O)NC)C(C(C)NC(=O)N1CC=CC1=O)CCO2. The Morgan fingerprint density at radius 3 is 2.68 bits per heavy atom. The first-order valence-corrected chi connectivity index (χ1v) is 11.5. The number of ether oxygens (including phenoxy) is 1. The van der Waals surface area contributed by atoms with Crippen molar-refractivity contribution in [3.63, 3.8) is 0 Å². The Bertz CT molecular complexity index is 1040. The highest BCUT2D eigenvalue weighted by molar-refractivity contribution is 7.90. The number of aryl methyl sites for hydroxylation is 1. The van der Waals surface area contributed by atoms with Crippen LogP contribution in [0.3, 0.4) is 0 Å². The van der Waals surface area contributed by atoms with Gasteiger partial charge in [-0.3, -0.25) is 9.69 Å². The van der Waals surface area contributed by atoms with E-state index in [-0.39, 0.29) is 23.3 Å². The molecule has 2 aliphatic heterocycles. The van der Waals surface area contributed by atoms with Crippen molar-refractivity contribution in [3.05, 3.63) is 35.4 Å². The summed E-state index contributed by atoms with van der Waals surface area (Å²) < 4.78 is 33.3. The molecule has 2 unspecified atom stereocenters. The fraction of sp³-hybridized carbons (Fsp3) is 0.450. The summed E-state index contributed by atoms with van der Waals surface area (Å²) in [6, 6.07) is 1.45. The minimum Gasteiger partial charge on any atom is -0.493 e. The highest BCUT2D eigenvalue weighted by atomic mass is 32.2. The number of hydrogen-bond acceptors (Lipinski definition) is 6. The zero-order chi connectivity index (χ0) is 22.8. The second-order valence-corrected chi connectivity index (χ2v) is 9.02. The molecule has 5 amide bonds. The molecule has 2 atom stereocenters. The summed E-state index contributed by atoms with van der Waals surface area (Å²) in [6.07, 6.45) is 3.92. The van der Waals surface area contributed by atoms with Crippen LogP contribution in [0.4, 0.5) is 9.59 Å². The van der Waals surface area contributed by atoms with Gasteiger partial charge >= 0.3 is 12.1 Å². The maximum atomic E-state index is 12.8. The number of nitrogens with one attached hydrogen (secondary N) is 3. The normalized spacial score (nSPS) is 18.7. The third-order valence-corrected chi connectivity index (χ3v) is 6.83. The van der Waals surface area contributed by atoms with Crippen LogP contribution in [0.5, 0.6) is 5.75 Å². The maximum Gasteiger partial charge on any atom is 0.328 e. The van der Waals surface area contributed by atoms with Crippen molar-refractivity contribution in [2.45, 2.75) is 43.5 Å². The molecule has 0 saturated heterocycles. The molecule has 10 nitrogen and oxygen atoms in total. The number of urea groups is 2. The number of fused-ring (bicyclic) bond motifs is 1. The summed E-state index contributed by atoms with van der Waals surface area (Å²) in [5, 5.41) is 5.06. The van der Waals surface area contributed by atoms with Crippen LogP contribution in [0, 0.1) is 0 Å². The van der Waals surface area contributed by atoms with Gasteiger partial charge in [-0.15, -0.1) is 0 Å². The molecule has 1 aromatic rings. The summed E-state index contributed by atoms with van der Waals surface area (Å²) in [4.78, 5) is 36.9. The highest BCUT2D eigenvalue weighted by Gasteiger charge is 2.33. The van der Waals surface area contributed by atoms with Crippen LogP contribution in [0.15, 0.2) is 29.2 Å². The summed E-state index contributed by atoms with van der Waals surface area (Å²) in [6.45, 7) is 4.24. The van der Waals surface area contributed by atoms with Crippen LogP contribution in [0.2, 0.25) is 0 Å². The maximum absolute atomic E-state index is 12.8. The molecule has 0 fully saturated rings. The van der Waals surface area contributed by atoms with Crippen molar-refractivity contribution in [2.24, 2.45) is 0 Å². The summed E-state index contributed by atoms with van der Waals surface area (Å²) >= 11 is 0. The van der Waals surface area contributed by atoms with Crippen LogP contribution in [0.25, 0.3) is 0 Å². The van der Waals surface area contributed by atoms with Gasteiger partial charge in [0.1, 0.15) is 5.75 Å². The van der Waals surface area contributed by atoms with Gasteiger partial charge in [0.05, 0.1) is 11.5 Å². The van der Waals surface area contributed by atoms with Gasteiger partial charge in [-0.05, 0) is 37.5 Å². The summed E-state index contributed by atoms with van der Waals surface area (Å²) in [5.41, 5.74) is 1.14. The molecular formula is C20H26N4O6S. The van der Waals surface area contributed by atoms with Gasteiger partial charge in [-0.1, -0.05) is 13.0 Å². The van der Waals surface area contributed by atoms with Gasteiger partial charge in [0.25, 0.3) is 15.9 Å². The van der Waals surface area contributed by atoms with E-state index in [0.717, 1.165) is 4.90 Å². The van der Waals surface area contributed by atoms with Crippen molar-refractivity contribution in [1.29, 1.82) is 0 Å². The molecule has 3 rings (SSSR count). The Hall–Kier alpha value is -3.08. The van der Waals surface area contributed by atoms with E-state index in [4.69, 9.17) is 4.74 Å². The Kier molecular flexibility index (Phi) is 6.54. The number of sulfonamides is 1. The quantitative estimate of drug-likeness (QED) is 0.618. The number of rotatable bonds is 5. The molecule has 0 aromatic heterocycles. The molecule has 0 bridgehead atoms. The molecule has 0 spiro atoms. The molecule has 2 heterocycles. The Morgan fingerprint density at radius 2 is 2.06 bits per heavy atom. The van der Waals surface area contributed by atoms with Crippen molar-refractivity contribution in [1.82, 2.24) is 20.3 Å². The molecule has 2 aliphatic rings. The molecule has 0 aliphatic carbocycles. The monoisotopic (exact) mass is 450 g/mol. The third-order valence-electron chi connectivity index (χ3n) is 5.42. The molecule has 168 valence electrons. The lowest BCUT2D eigenvalue weighted by Crippen LogP contribution is -2.47. The van der Waals surface area contributed by atoms with Crippen molar-refractivity contribution in [3.8, 4) is 5.75 Å². The van der Waals surface area contributed by atoms with Gasteiger partial charge in [0.15, 0.2) is 0 Å². The Balaban J connectivity index is 1.91. The Morgan fingerprint density at radius 1 is 1.32 bits per heavy atom. The van der Waals surface area contributed by atoms with Gasteiger partial charge in [-0.25, -0.2) is 22.7 Å². The number of carbonyl (C=O) groups is 3. The predicted molar refractivity (Wildman–Crippen MR) is 112 cm³/mol. The fourth-order valence-electron chi connectivity index (χ4n) is 3.75. The fourth-order valence-corrected chi connectivity index (χ4v) is 5.04. The largest absolute Gasteiger partial charge is 0.493 e. The smallest absolute Gasteiger partial charge is 0.328 e. The minimum atomic E-state index is -4.11. The predicted octanol–water partition coefficient (Wildman–Crippen LogP) is 1.23. The minimum absolute atomic E-state index is 0.00898. The van der Waals surface area contributed by atoms with Crippen LogP contribution < -0.4 is 20.1 Å². The van der Waals surface area contributed by atoms with E-state index < -0.39 is 28.1 Å². The number of carbonyl (C=O) groups excluding carboxylic acids is 3. The van der Waals surface area contributed by atoms with Crippen LogP contribution in [-0.2, 0) is 21.2 Å². The molecule has 31 heavy (non-hydrogen) atoms. The first-order valence-electron chi connectivity index (χ1n) is 10.0. The number of hydrogen-bond donors (Lipinski definition) is 3. The molecule has 3 N–H and O–H groups in total. The zero-order valence-electron chi connectivity index (χ0n) is 17.6. The zero-order valence-corrected chi connectivity index (χ0v) is 18.4. The number of amides is 5. The van der Waals surface area contributed by atoms with E-state index in [1.165, 1.54) is 19.2 Å². The van der Waals surface area contributed by atoms with E-state index in [9.17, 15) is 22.8 Å². The van der Waals surface area contributed by atoms with Crippen molar-refractivity contribution < 1.29 is 27.5 Å². The topological polar surface area (TPSA) is 134 Å². The van der Waals surface area contributed by atoms with Gasteiger partial charge in [0, 0.05) is 37.2 Å². The summed E-state index contributed by atoms with van der Waals surface area (Å²) in [7, 11) is -2.78.